The Kier molecular flexibility index (Phi) is 4.99. The van der Waals surface area contributed by atoms with E-state index >= 15 is 0 Å². The quantitative estimate of drug-likeness (QED) is 0.791. The molecule has 0 spiro atoms. The monoisotopic (exact) mass is 220 g/mol. The predicted molar refractivity (Wildman–Crippen MR) is 66.2 cm³/mol. The summed E-state index contributed by atoms with van der Waals surface area (Å²) in [7, 11) is 2.04. The van der Waals surface area contributed by atoms with Gasteiger partial charge in [0, 0.05) is 0 Å². The van der Waals surface area contributed by atoms with Gasteiger partial charge in [0.25, 0.3) is 0 Å². The van der Waals surface area contributed by atoms with E-state index in [1.807, 2.05) is 37.4 Å². The topological polar surface area (TPSA) is 46.3 Å². The fraction of sp³-hybridized carbons (Fsp3) is 0.462. The van der Waals surface area contributed by atoms with Crippen LogP contribution < -0.4 is 5.73 Å². The maximum Gasteiger partial charge on any atom is 0.225 e. The molecule has 3 heteroatoms. The largest absolute Gasteiger partial charge is 0.369 e. The van der Waals surface area contributed by atoms with E-state index in [-0.39, 0.29) is 11.8 Å². The lowest BCUT2D eigenvalue weighted by Gasteiger charge is -2.18. The third-order valence-electron chi connectivity index (χ3n) is 2.88. The lowest BCUT2D eigenvalue weighted by molar-refractivity contribution is -0.119. The van der Waals surface area contributed by atoms with Crippen molar-refractivity contribution in [3.63, 3.8) is 0 Å². The van der Waals surface area contributed by atoms with Crippen molar-refractivity contribution < 1.29 is 4.79 Å². The zero-order chi connectivity index (χ0) is 12.0. The Hall–Kier alpha value is -1.35. The summed E-state index contributed by atoms with van der Waals surface area (Å²) in [4.78, 5) is 13.6. The van der Waals surface area contributed by atoms with Crippen molar-refractivity contribution in [3.8, 4) is 0 Å². The van der Waals surface area contributed by atoms with Crippen LogP contribution in [0, 0.1) is 0 Å². The molecule has 0 heterocycles. The summed E-state index contributed by atoms with van der Waals surface area (Å²) >= 11 is 0. The number of hydrogen-bond donors (Lipinski definition) is 1. The van der Waals surface area contributed by atoms with Crippen LogP contribution in [0.5, 0.6) is 0 Å². The number of rotatable bonds is 6. The van der Waals surface area contributed by atoms with Crippen LogP contribution in [0.1, 0.15) is 24.8 Å². The van der Waals surface area contributed by atoms with Crippen LogP contribution in [-0.4, -0.2) is 30.9 Å². The molecule has 3 nitrogen and oxygen atoms in total. The highest BCUT2D eigenvalue weighted by molar-refractivity contribution is 5.81. The third-order valence-corrected chi connectivity index (χ3v) is 2.88. The smallest absolute Gasteiger partial charge is 0.225 e. The van der Waals surface area contributed by atoms with Gasteiger partial charge in [0.05, 0.1) is 5.92 Å². The second-order valence-corrected chi connectivity index (χ2v) is 4.05. The van der Waals surface area contributed by atoms with E-state index in [2.05, 4.69) is 11.8 Å². The Morgan fingerprint density at radius 2 is 2.00 bits per heavy atom. The van der Waals surface area contributed by atoms with Gasteiger partial charge < -0.3 is 10.6 Å². The molecule has 0 aliphatic carbocycles. The molecule has 2 N–H and O–H groups in total. The first-order valence-corrected chi connectivity index (χ1v) is 5.68. The van der Waals surface area contributed by atoms with Crippen molar-refractivity contribution in [2.24, 2.45) is 5.73 Å². The Labute approximate surface area is 97.2 Å². The lowest BCUT2D eigenvalue weighted by Crippen LogP contribution is -2.27. The molecule has 1 unspecified atom stereocenters. The molecule has 1 atom stereocenters. The SMILES string of the molecule is CCN(C)CCC(C(N)=O)c1ccccc1. The molecule has 88 valence electrons. The maximum atomic E-state index is 11.4. The van der Waals surface area contributed by atoms with Gasteiger partial charge in [0.1, 0.15) is 0 Å². The highest BCUT2D eigenvalue weighted by Gasteiger charge is 2.17. The van der Waals surface area contributed by atoms with Crippen molar-refractivity contribution in [2.75, 3.05) is 20.1 Å². The average Bonchev–Trinajstić information content (AvgIpc) is 2.30. The number of nitrogens with two attached hydrogens (primary N) is 1. The van der Waals surface area contributed by atoms with Gasteiger partial charge in [0.15, 0.2) is 0 Å². The molecule has 1 rings (SSSR count). The standard InChI is InChI=1S/C13H20N2O/c1-3-15(2)10-9-12(13(14)16)11-7-5-4-6-8-11/h4-8,12H,3,9-10H2,1-2H3,(H2,14,16). The normalized spacial score (nSPS) is 12.7. The molecular weight excluding hydrogens is 200 g/mol. The Bertz CT molecular complexity index is 324. The Morgan fingerprint density at radius 1 is 1.38 bits per heavy atom. The first-order chi connectivity index (χ1) is 7.65. The molecule has 0 saturated carbocycles. The molecule has 1 aromatic rings. The van der Waals surface area contributed by atoms with Gasteiger partial charge in [-0.1, -0.05) is 37.3 Å². The summed E-state index contributed by atoms with van der Waals surface area (Å²) in [6, 6.07) is 9.74. The van der Waals surface area contributed by atoms with Crippen LogP contribution in [0.3, 0.4) is 0 Å². The van der Waals surface area contributed by atoms with Gasteiger partial charge >= 0.3 is 0 Å². The number of primary amides is 1. The summed E-state index contributed by atoms with van der Waals surface area (Å²) in [5, 5.41) is 0. The molecule has 0 aromatic heterocycles. The van der Waals surface area contributed by atoms with E-state index < -0.39 is 0 Å². The fourth-order valence-corrected chi connectivity index (χ4v) is 1.67. The van der Waals surface area contributed by atoms with Gasteiger partial charge in [-0.2, -0.15) is 0 Å². The number of hydrogen-bond acceptors (Lipinski definition) is 2. The zero-order valence-electron chi connectivity index (χ0n) is 10.0. The molecule has 1 amide bonds. The minimum atomic E-state index is -0.240. The summed E-state index contributed by atoms with van der Waals surface area (Å²) < 4.78 is 0. The maximum absolute atomic E-state index is 11.4. The predicted octanol–water partition coefficient (Wildman–Crippen LogP) is 1.60. The molecule has 0 fully saturated rings. The van der Waals surface area contributed by atoms with Crippen molar-refractivity contribution in [3.05, 3.63) is 35.9 Å². The molecule has 0 saturated heterocycles. The van der Waals surface area contributed by atoms with Crippen molar-refractivity contribution in [1.82, 2.24) is 4.90 Å². The van der Waals surface area contributed by atoms with Crippen molar-refractivity contribution in [1.29, 1.82) is 0 Å². The van der Waals surface area contributed by atoms with Crippen LogP contribution in [0.15, 0.2) is 30.3 Å². The molecule has 0 aliphatic rings. The first-order valence-electron chi connectivity index (χ1n) is 5.68. The van der Waals surface area contributed by atoms with Crippen molar-refractivity contribution >= 4 is 5.91 Å². The van der Waals surface area contributed by atoms with Gasteiger partial charge in [-0.25, -0.2) is 0 Å². The number of carbonyl (C=O) groups excluding carboxylic acids is 1. The van der Waals surface area contributed by atoms with Crippen LogP contribution >= 0.6 is 0 Å². The first kappa shape index (κ1) is 12.7. The lowest BCUT2D eigenvalue weighted by atomic mass is 9.95. The van der Waals surface area contributed by atoms with Gasteiger partial charge in [-0.05, 0) is 32.1 Å². The molecule has 1 aromatic carbocycles. The summed E-state index contributed by atoms with van der Waals surface area (Å²) in [5.41, 5.74) is 6.45. The van der Waals surface area contributed by atoms with Crippen LogP contribution in [0.2, 0.25) is 0 Å². The van der Waals surface area contributed by atoms with E-state index in [1.165, 1.54) is 0 Å². The van der Waals surface area contributed by atoms with E-state index in [1.54, 1.807) is 0 Å². The molecule has 16 heavy (non-hydrogen) atoms. The van der Waals surface area contributed by atoms with E-state index in [0.29, 0.717) is 0 Å². The number of nitrogens with zero attached hydrogens (tertiary/aromatic N) is 1. The van der Waals surface area contributed by atoms with E-state index in [9.17, 15) is 4.79 Å². The van der Waals surface area contributed by atoms with Crippen LogP contribution in [0.25, 0.3) is 0 Å². The summed E-state index contributed by atoms with van der Waals surface area (Å²) in [6.45, 7) is 3.97. The van der Waals surface area contributed by atoms with Crippen molar-refractivity contribution in [2.45, 2.75) is 19.3 Å². The second kappa shape index (κ2) is 6.28. The average molecular weight is 220 g/mol. The molecule has 0 radical (unpaired) electrons. The second-order valence-electron chi connectivity index (χ2n) is 4.05. The number of amides is 1. The van der Waals surface area contributed by atoms with Crippen LogP contribution in [0.4, 0.5) is 0 Å². The Balaban J connectivity index is 2.66. The number of benzene rings is 1. The molecular formula is C13H20N2O. The number of carbonyl (C=O) groups is 1. The minimum Gasteiger partial charge on any atom is -0.369 e. The highest BCUT2D eigenvalue weighted by atomic mass is 16.1. The third kappa shape index (κ3) is 3.66. The minimum absolute atomic E-state index is 0.171. The van der Waals surface area contributed by atoms with E-state index in [4.69, 9.17) is 5.73 Å². The summed E-state index contributed by atoms with van der Waals surface area (Å²) in [6.07, 6.45) is 0.781. The van der Waals surface area contributed by atoms with Gasteiger partial charge in [0.2, 0.25) is 5.91 Å². The fourth-order valence-electron chi connectivity index (χ4n) is 1.67. The van der Waals surface area contributed by atoms with Gasteiger partial charge in [-0.15, -0.1) is 0 Å². The van der Waals surface area contributed by atoms with Gasteiger partial charge in [-0.3, -0.25) is 4.79 Å². The molecule has 0 bridgehead atoms. The zero-order valence-corrected chi connectivity index (χ0v) is 10.0. The molecule has 0 aliphatic heterocycles. The van der Waals surface area contributed by atoms with Crippen LogP contribution in [-0.2, 0) is 4.79 Å². The Morgan fingerprint density at radius 3 is 2.50 bits per heavy atom. The van der Waals surface area contributed by atoms with E-state index in [0.717, 1.165) is 25.1 Å². The highest BCUT2D eigenvalue weighted by Crippen LogP contribution is 2.19. The summed E-state index contributed by atoms with van der Waals surface area (Å²) in [5.74, 6) is -0.411.